The van der Waals surface area contributed by atoms with E-state index in [9.17, 15) is 22.4 Å². The van der Waals surface area contributed by atoms with E-state index in [1.165, 1.54) is 12.4 Å². The molecule has 0 saturated carbocycles. The number of nitrogens with one attached hydrogen (secondary N) is 1. The number of hydrogen-bond acceptors (Lipinski definition) is 6. The maximum atomic E-state index is 14.7. The summed E-state index contributed by atoms with van der Waals surface area (Å²) >= 11 is 6.03. The average molecular weight is 559 g/mol. The summed E-state index contributed by atoms with van der Waals surface area (Å²) in [5.74, 6) is -1.91. The van der Waals surface area contributed by atoms with Crippen LogP contribution in [-0.2, 0) is 19.6 Å². The van der Waals surface area contributed by atoms with Crippen LogP contribution in [0.1, 0.15) is 16.7 Å². The van der Waals surface area contributed by atoms with Crippen LogP contribution in [-0.4, -0.2) is 30.7 Å². The van der Waals surface area contributed by atoms with Crippen molar-refractivity contribution in [2.24, 2.45) is 0 Å². The summed E-state index contributed by atoms with van der Waals surface area (Å²) in [6.45, 7) is 0.605. The molecule has 5 rings (SSSR count). The van der Waals surface area contributed by atoms with Gasteiger partial charge in [-0.25, -0.2) is 14.4 Å². The molecule has 0 unspecified atom stereocenters. The van der Waals surface area contributed by atoms with Crippen LogP contribution in [0.2, 0.25) is 5.02 Å². The van der Waals surface area contributed by atoms with Crippen LogP contribution in [0.3, 0.4) is 0 Å². The molecule has 3 aromatic heterocycles. The van der Waals surface area contributed by atoms with Gasteiger partial charge < -0.3 is 14.6 Å². The van der Waals surface area contributed by atoms with E-state index in [1.54, 1.807) is 33.8 Å². The lowest BCUT2D eigenvalue weighted by Crippen LogP contribution is -2.18. The molecule has 8 nitrogen and oxygen atoms in total. The van der Waals surface area contributed by atoms with E-state index in [0.717, 1.165) is 23.3 Å². The summed E-state index contributed by atoms with van der Waals surface area (Å²) in [4.78, 5) is 20.3. The van der Waals surface area contributed by atoms with Gasteiger partial charge in [0, 0.05) is 35.6 Å². The highest BCUT2D eigenvalue weighted by atomic mass is 35.5. The Balaban J connectivity index is 1.31. The van der Waals surface area contributed by atoms with Gasteiger partial charge in [-0.15, -0.1) is 13.2 Å². The van der Waals surface area contributed by atoms with Crippen molar-refractivity contribution < 1.29 is 22.3 Å². The van der Waals surface area contributed by atoms with Gasteiger partial charge in [0.1, 0.15) is 12.1 Å². The molecule has 5 aromatic rings. The van der Waals surface area contributed by atoms with Crippen LogP contribution in [0.5, 0.6) is 5.75 Å². The number of nitrogens with zero attached hydrogens (tertiary/aromatic N) is 5. The van der Waals surface area contributed by atoms with E-state index in [0.29, 0.717) is 29.9 Å². The molecule has 3 heterocycles. The average Bonchev–Trinajstić information content (AvgIpc) is 3.31. The third kappa shape index (κ3) is 6.17. The first-order valence-corrected chi connectivity index (χ1v) is 11.9. The summed E-state index contributed by atoms with van der Waals surface area (Å²) < 4.78 is 59.4. The van der Waals surface area contributed by atoms with Gasteiger partial charge in [0.2, 0.25) is 0 Å². The largest absolute Gasteiger partial charge is 0.573 e. The zero-order valence-electron chi connectivity index (χ0n) is 20.0. The van der Waals surface area contributed by atoms with Crippen LogP contribution in [0.15, 0.2) is 78.1 Å². The molecule has 0 aliphatic carbocycles. The van der Waals surface area contributed by atoms with Crippen molar-refractivity contribution in [3.63, 3.8) is 0 Å². The minimum Gasteiger partial charge on any atom is -0.403 e. The summed E-state index contributed by atoms with van der Waals surface area (Å²) in [6, 6.07) is 14.7. The van der Waals surface area contributed by atoms with E-state index < -0.39 is 17.9 Å². The second kappa shape index (κ2) is 10.7. The lowest BCUT2D eigenvalue weighted by atomic mass is 10.1. The molecule has 1 N–H and O–H groups in total. The Bertz CT molecular complexity index is 1690. The van der Waals surface area contributed by atoms with Crippen molar-refractivity contribution in [2.75, 3.05) is 5.32 Å². The van der Waals surface area contributed by atoms with E-state index >= 15 is 0 Å². The minimum absolute atomic E-state index is 0.0730. The van der Waals surface area contributed by atoms with E-state index in [1.807, 2.05) is 24.3 Å². The number of ether oxygens (including phenoxy) is 1. The Morgan fingerprint density at radius 2 is 1.72 bits per heavy atom. The highest BCUT2D eigenvalue weighted by Gasteiger charge is 2.33. The Hall–Kier alpha value is -4.45. The van der Waals surface area contributed by atoms with Crippen LogP contribution in [0, 0.1) is 5.82 Å². The molecule has 0 radical (unpaired) electrons. The number of benzene rings is 2. The number of halogens is 5. The van der Waals surface area contributed by atoms with Gasteiger partial charge in [-0.05, 0) is 29.3 Å². The standard InChI is InChI=1S/C26H19ClF4N6O2/c27-20-8-9-21(39-26(29,30)31)23(28)18(20)11-32-24-19-14-37(35-25(19)34-15-33-24)13-17-6-4-16(5-7-17)12-36-10-2-1-3-22(36)38/h1-10,14-15H,11-13H2,(H,32,33,34,35). The normalized spacial score (nSPS) is 11.6. The summed E-state index contributed by atoms with van der Waals surface area (Å²) in [6.07, 6.45) is -0.346. The van der Waals surface area contributed by atoms with Crippen molar-refractivity contribution in [1.82, 2.24) is 24.3 Å². The van der Waals surface area contributed by atoms with Gasteiger partial charge in [0.05, 0.1) is 18.5 Å². The summed E-state index contributed by atoms with van der Waals surface area (Å²) in [5.41, 5.74) is 1.99. The molecule has 0 aliphatic heterocycles. The van der Waals surface area contributed by atoms with E-state index in [2.05, 4.69) is 25.1 Å². The first-order valence-electron chi connectivity index (χ1n) is 11.5. The van der Waals surface area contributed by atoms with Crippen LogP contribution >= 0.6 is 11.6 Å². The number of pyridine rings is 1. The van der Waals surface area contributed by atoms with Gasteiger partial charge in [0.15, 0.2) is 17.2 Å². The fraction of sp³-hybridized carbons (Fsp3) is 0.154. The lowest BCUT2D eigenvalue weighted by Gasteiger charge is -2.14. The fourth-order valence-corrected chi connectivity index (χ4v) is 4.16. The molecule has 0 spiro atoms. The van der Waals surface area contributed by atoms with Crippen molar-refractivity contribution >= 4 is 28.5 Å². The summed E-state index contributed by atoms with van der Waals surface area (Å²) in [7, 11) is 0. The lowest BCUT2D eigenvalue weighted by molar-refractivity contribution is -0.275. The topological polar surface area (TPSA) is 86.9 Å². The quantitative estimate of drug-likeness (QED) is 0.257. The first-order chi connectivity index (χ1) is 18.7. The van der Waals surface area contributed by atoms with Crippen LogP contribution in [0.4, 0.5) is 23.4 Å². The van der Waals surface area contributed by atoms with E-state index in [4.69, 9.17) is 11.6 Å². The highest BCUT2D eigenvalue weighted by Crippen LogP contribution is 2.32. The summed E-state index contributed by atoms with van der Waals surface area (Å²) in [5, 5.41) is 7.80. The molecule has 0 aliphatic rings. The van der Waals surface area contributed by atoms with Gasteiger partial charge in [0.25, 0.3) is 5.56 Å². The molecular formula is C26H19ClF4N6O2. The van der Waals surface area contributed by atoms with E-state index in [-0.39, 0.29) is 22.7 Å². The minimum atomic E-state index is -5.05. The molecule has 0 fully saturated rings. The Morgan fingerprint density at radius 1 is 0.974 bits per heavy atom. The molecular weight excluding hydrogens is 540 g/mol. The predicted octanol–water partition coefficient (Wildman–Crippen LogP) is 5.39. The first kappa shape index (κ1) is 26.2. The van der Waals surface area contributed by atoms with Crippen molar-refractivity contribution in [2.45, 2.75) is 26.0 Å². The number of hydrogen-bond donors (Lipinski definition) is 1. The molecule has 39 heavy (non-hydrogen) atoms. The van der Waals surface area contributed by atoms with Gasteiger partial charge in [-0.1, -0.05) is 41.9 Å². The monoisotopic (exact) mass is 558 g/mol. The second-order valence-electron chi connectivity index (χ2n) is 8.51. The molecule has 0 amide bonds. The number of fused-ring (bicyclic) bond motifs is 1. The number of rotatable bonds is 8. The molecule has 13 heteroatoms. The maximum Gasteiger partial charge on any atom is 0.573 e. The number of aromatic nitrogens is 5. The fourth-order valence-electron chi connectivity index (χ4n) is 3.95. The Kier molecular flexibility index (Phi) is 7.20. The number of alkyl halides is 3. The third-order valence-electron chi connectivity index (χ3n) is 5.79. The van der Waals surface area contributed by atoms with Gasteiger partial charge in [-0.3, -0.25) is 9.48 Å². The van der Waals surface area contributed by atoms with Crippen molar-refractivity contribution in [3.05, 3.63) is 111 Å². The number of anilines is 1. The Labute approximate surface area is 223 Å². The highest BCUT2D eigenvalue weighted by molar-refractivity contribution is 6.31. The van der Waals surface area contributed by atoms with Crippen LogP contribution < -0.4 is 15.6 Å². The van der Waals surface area contributed by atoms with Crippen LogP contribution in [0.25, 0.3) is 11.0 Å². The molecule has 0 bridgehead atoms. The Morgan fingerprint density at radius 3 is 2.44 bits per heavy atom. The smallest absolute Gasteiger partial charge is 0.403 e. The molecule has 0 saturated heterocycles. The predicted molar refractivity (Wildman–Crippen MR) is 136 cm³/mol. The van der Waals surface area contributed by atoms with Gasteiger partial charge in [-0.2, -0.15) is 5.10 Å². The third-order valence-corrected chi connectivity index (χ3v) is 6.15. The molecule has 0 atom stereocenters. The zero-order valence-corrected chi connectivity index (χ0v) is 20.7. The second-order valence-corrected chi connectivity index (χ2v) is 8.92. The molecule has 200 valence electrons. The SMILES string of the molecule is O=c1ccccn1Cc1ccc(Cn2cc3c(NCc4c(Cl)ccc(OC(F)(F)F)c4F)ncnc3n2)cc1. The van der Waals surface area contributed by atoms with Crippen molar-refractivity contribution in [3.8, 4) is 5.75 Å². The maximum absolute atomic E-state index is 14.7. The van der Waals surface area contributed by atoms with Crippen molar-refractivity contribution in [1.29, 1.82) is 0 Å². The molecule has 2 aromatic carbocycles. The zero-order chi connectivity index (χ0) is 27.6. The van der Waals surface area contributed by atoms with Gasteiger partial charge >= 0.3 is 6.36 Å².